The number of amides is 1. The third-order valence-corrected chi connectivity index (χ3v) is 8.49. The summed E-state index contributed by atoms with van der Waals surface area (Å²) >= 11 is 2.91. The molecule has 2 heterocycles. The number of ether oxygens (including phenoxy) is 1. The zero-order valence-corrected chi connectivity index (χ0v) is 22.4. The summed E-state index contributed by atoms with van der Waals surface area (Å²) in [6, 6.07) is 13.5. The smallest absolute Gasteiger partial charge is 0.267 e. The molecule has 1 amide bonds. The van der Waals surface area contributed by atoms with Gasteiger partial charge in [-0.3, -0.25) is 14.2 Å². The van der Waals surface area contributed by atoms with Crippen LogP contribution in [-0.4, -0.2) is 27.8 Å². The van der Waals surface area contributed by atoms with Gasteiger partial charge in [0.1, 0.15) is 10.6 Å². The number of benzene rings is 2. The Hall–Kier alpha value is -3.10. The Bertz CT molecular complexity index is 1490. The Labute approximate surface area is 218 Å². The Balaban J connectivity index is 1.51. The maximum Gasteiger partial charge on any atom is 0.267 e. The Morgan fingerprint density at radius 3 is 2.69 bits per heavy atom. The fourth-order valence-corrected chi connectivity index (χ4v) is 6.67. The lowest BCUT2D eigenvalue weighted by Crippen LogP contribution is -2.23. The van der Waals surface area contributed by atoms with Gasteiger partial charge in [-0.2, -0.15) is 0 Å². The van der Waals surface area contributed by atoms with E-state index >= 15 is 0 Å². The summed E-state index contributed by atoms with van der Waals surface area (Å²) < 4.78 is 7.23. The van der Waals surface area contributed by atoms with Gasteiger partial charge in [-0.05, 0) is 93.5 Å². The number of hydrogen-bond acceptors (Lipinski definition) is 6. The van der Waals surface area contributed by atoms with E-state index in [-0.39, 0.29) is 17.2 Å². The molecule has 6 nitrogen and oxygen atoms in total. The van der Waals surface area contributed by atoms with E-state index in [9.17, 15) is 9.59 Å². The fourth-order valence-electron chi connectivity index (χ4n) is 4.56. The van der Waals surface area contributed by atoms with E-state index in [0.717, 1.165) is 64.0 Å². The maximum atomic E-state index is 13.9. The standard InChI is InChI=1S/C28H29N3O3S2/c1-4-34-20-13-11-19(12-14-20)31-27(33)25-21-7-5-6-8-23(21)36-26(25)30-28(31)35-16-24(32)29-22-15-17(2)9-10-18(22)3/h9-15H,4-8,16H2,1-3H3,(H,29,32). The summed E-state index contributed by atoms with van der Waals surface area (Å²) in [5.41, 5.74) is 4.70. The number of hydrogen-bond donors (Lipinski definition) is 1. The Kier molecular flexibility index (Phi) is 7.16. The summed E-state index contributed by atoms with van der Waals surface area (Å²) in [6.07, 6.45) is 4.16. The molecule has 0 aliphatic heterocycles. The maximum absolute atomic E-state index is 13.9. The molecule has 8 heteroatoms. The van der Waals surface area contributed by atoms with E-state index in [2.05, 4.69) is 5.32 Å². The fraction of sp³-hybridized carbons (Fsp3) is 0.321. The van der Waals surface area contributed by atoms with Gasteiger partial charge in [-0.1, -0.05) is 23.9 Å². The van der Waals surface area contributed by atoms with Gasteiger partial charge in [0.15, 0.2) is 5.16 Å². The first-order valence-corrected chi connectivity index (χ1v) is 14.0. The van der Waals surface area contributed by atoms with Crippen molar-refractivity contribution >= 4 is 44.9 Å². The molecule has 0 bridgehead atoms. The SMILES string of the molecule is CCOc1ccc(-n2c(SCC(=O)Nc3cc(C)ccc3C)nc3sc4c(c3c2=O)CCCC4)cc1. The lowest BCUT2D eigenvalue weighted by molar-refractivity contribution is -0.113. The molecule has 5 rings (SSSR count). The number of rotatable bonds is 7. The second-order valence-corrected chi connectivity index (χ2v) is 11.0. The van der Waals surface area contributed by atoms with Crippen molar-refractivity contribution in [2.75, 3.05) is 17.7 Å². The van der Waals surface area contributed by atoms with Crippen LogP contribution in [0, 0.1) is 13.8 Å². The van der Waals surface area contributed by atoms with Gasteiger partial charge in [0.25, 0.3) is 5.56 Å². The second kappa shape index (κ2) is 10.5. The average Bonchev–Trinajstić information content (AvgIpc) is 3.25. The normalized spacial score (nSPS) is 13.0. The largest absolute Gasteiger partial charge is 0.494 e. The molecular weight excluding hydrogens is 490 g/mol. The van der Waals surface area contributed by atoms with Crippen molar-refractivity contribution in [1.82, 2.24) is 9.55 Å². The van der Waals surface area contributed by atoms with Gasteiger partial charge in [-0.25, -0.2) is 4.98 Å². The van der Waals surface area contributed by atoms with Crippen molar-refractivity contribution in [3.63, 3.8) is 0 Å². The van der Waals surface area contributed by atoms with Gasteiger partial charge >= 0.3 is 0 Å². The molecule has 0 radical (unpaired) electrons. The summed E-state index contributed by atoms with van der Waals surface area (Å²) in [5.74, 6) is 0.762. The first kappa shape index (κ1) is 24.6. The molecular formula is C28H29N3O3S2. The number of aromatic nitrogens is 2. The van der Waals surface area contributed by atoms with Crippen LogP contribution < -0.4 is 15.6 Å². The van der Waals surface area contributed by atoms with E-state index in [0.29, 0.717) is 17.5 Å². The lowest BCUT2D eigenvalue weighted by Gasteiger charge is -2.14. The van der Waals surface area contributed by atoms with Crippen LogP contribution in [-0.2, 0) is 17.6 Å². The average molecular weight is 520 g/mol. The molecule has 4 aromatic rings. The van der Waals surface area contributed by atoms with E-state index in [1.165, 1.54) is 16.6 Å². The first-order chi connectivity index (χ1) is 17.4. The molecule has 186 valence electrons. The number of anilines is 1. The van der Waals surface area contributed by atoms with Crippen molar-refractivity contribution < 1.29 is 9.53 Å². The van der Waals surface area contributed by atoms with Gasteiger partial charge in [0, 0.05) is 10.6 Å². The minimum atomic E-state index is -0.133. The molecule has 1 aliphatic carbocycles. The Morgan fingerprint density at radius 1 is 1.14 bits per heavy atom. The lowest BCUT2D eigenvalue weighted by atomic mass is 9.97. The number of aryl methyl sites for hydroxylation is 4. The highest BCUT2D eigenvalue weighted by Crippen LogP contribution is 2.35. The van der Waals surface area contributed by atoms with Crippen LogP contribution in [0.25, 0.3) is 15.9 Å². The zero-order valence-electron chi connectivity index (χ0n) is 20.7. The van der Waals surface area contributed by atoms with E-state index < -0.39 is 0 Å². The van der Waals surface area contributed by atoms with Crippen molar-refractivity contribution in [3.05, 3.63) is 74.4 Å². The predicted octanol–water partition coefficient (Wildman–Crippen LogP) is 6.07. The minimum Gasteiger partial charge on any atom is -0.494 e. The molecule has 0 fully saturated rings. The van der Waals surface area contributed by atoms with Crippen molar-refractivity contribution in [3.8, 4) is 11.4 Å². The highest BCUT2D eigenvalue weighted by Gasteiger charge is 2.23. The van der Waals surface area contributed by atoms with Gasteiger partial charge < -0.3 is 10.1 Å². The molecule has 0 atom stereocenters. The summed E-state index contributed by atoms with van der Waals surface area (Å²) in [6.45, 7) is 6.48. The van der Waals surface area contributed by atoms with Crippen LogP contribution in [0.15, 0.2) is 52.4 Å². The highest BCUT2D eigenvalue weighted by molar-refractivity contribution is 7.99. The van der Waals surface area contributed by atoms with E-state index in [4.69, 9.17) is 9.72 Å². The molecule has 1 aliphatic rings. The summed E-state index contributed by atoms with van der Waals surface area (Å²) in [7, 11) is 0. The molecule has 0 saturated heterocycles. The van der Waals surface area contributed by atoms with Crippen LogP contribution in [0.5, 0.6) is 5.75 Å². The van der Waals surface area contributed by atoms with E-state index in [1.807, 2.05) is 63.2 Å². The van der Waals surface area contributed by atoms with Gasteiger partial charge in [0.2, 0.25) is 5.91 Å². The van der Waals surface area contributed by atoms with Crippen molar-refractivity contribution in [1.29, 1.82) is 0 Å². The number of thioether (sulfide) groups is 1. The number of carbonyl (C=O) groups is 1. The van der Waals surface area contributed by atoms with Crippen LogP contribution >= 0.6 is 23.1 Å². The highest BCUT2D eigenvalue weighted by atomic mass is 32.2. The quantitative estimate of drug-likeness (QED) is 0.237. The predicted molar refractivity (Wildman–Crippen MR) is 148 cm³/mol. The van der Waals surface area contributed by atoms with Crippen LogP contribution in [0.3, 0.4) is 0 Å². The third-order valence-electron chi connectivity index (χ3n) is 6.36. The molecule has 0 unspecified atom stereocenters. The number of nitrogens with one attached hydrogen (secondary N) is 1. The van der Waals surface area contributed by atoms with E-state index in [1.54, 1.807) is 15.9 Å². The summed E-state index contributed by atoms with van der Waals surface area (Å²) in [4.78, 5) is 33.7. The van der Waals surface area contributed by atoms with Gasteiger partial charge in [0.05, 0.1) is 23.4 Å². The minimum absolute atomic E-state index is 0.0685. The van der Waals surface area contributed by atoms with Crippen LogP contribution in [0.4, 0.5) is 5.69 Å². The number of thiophene rings is 1. The number of carbonyl (C=O) groups excluding carboxylic acids is 1. The number of nitrogens with zero attached hydrogens (tertiary/aromatic N) is 2. The molecule has 36 heavy (non-hydrogen) atoms. The third kappa shape index (κ3) is 4.92. The summed E-state index contributed by atoms with van der Waals surface area (Å²) in [5, 5.41) is 4.25. The second-order valence-electron chi connectivity index (χ2n) is 9.01. The number of fused-ring (bicyclic) bond motifs is 3. The molecule has 0 saturated carbocycles. The monoisotopic (exact) mass is 519 g/mol. The molecule has 0 spiro atoms. The van der Waals surface area contributed by atoms with Crippen molar-refractivity contribution in [2.24, 2.45) is 0 Å². The van der Waals surface area contributed by atoms with Gasteiger partial charge in [-0.15, -0.1) is 11.3 Å². The Morgan fingerprint density at radius 2 is 1.92 bits per heavy atom. The topological polar surface area (TPSA) is 73.2 Å². The van der Waals surface area contributed by atoms with Crippen molar-refractivity contribution in [2.45, 2.75) is 51.6 Å². The van der Waals surface area contributed by atoms with Crippen LogP contribution in [0.2, 0.25) is 0 Å². The molecule has 2 aromatic carbocycles. The van der Waals surface area contributed by atoms with Crippen LogP contribution in [0.1, 0.15) is 41.3 Å². The first-order valence-electron chi connectivity index (χ1n) is 12.2. The molecule has 2 aromatic heterocycles. The molecule has 1 N–H and O–H groups in total. The zero-order chi connectivity index (χ0) is 25.2.